The lowest BCUT2D eigenvalue weighted by Gasteiger charge is -2.33. The van der Waals surface area contributed by atoms with Gasteiger partial charge in [0.15, 0.2) is 0 Å². The van der Waals surface area contributed by atoms with Crippen LogP contribution in [0.1, 0.15) is 28.9 Å². The Balaban J connectivity index is 2.28. The molecule has 1 aliphatic carbocycles. The number of nitrogens with one attached hydrogen (secondary N) is 1. The molecule has 0 aromatic carbocycles. The smallest absolute Gasteiger partial charge is 0.367 e. The summed E-state index contributed by atoms with van der Waals surface area (Å²) in [4.78, 5) is 14.6. The molecule has 1 heterocycles. The normalized spacial score (nSPS) is 22.7. The maximum Gasteiger partial charge on any atom is 0.433 e. The van der Waals surface area contributed by atoms with E-state index in [1.54, 1.807) is 0 Å². The molecular weight excluding hydrogens is 261 g/mol. The summed E-state index contributed by atoms with van der Waals surface area (Å²) >= 11 is 0. The molecule has 0 aliphatic heterocycles. The molecule has 0 atom stereocenters. The van der Waals surface area contributed by atoms with Crippen LogP contribution in [0.15, 0.2) is 12.1 Å². The number of anilines is 1. The fraction of sp³-hybridized carbons (Fsp3) is 0.455. The van der Waals surface area contributed by atoms with E-state index in [4.69, 9.17) is 11.5 Å². The van der Waals surface area contributed by atoms with Crippen molar-refractivity contribution in [1.29, 1.82) is 0 Å². The highest BCUT2D eigenvalue weighted by Gasteiger charge is 2.34. The highest BCUT2D eigenvalue weighted by molar-refractivity contribution is 5.97. The minimum atomic E-state index is -4.57. The van der Waals surface area contributed by atoms with Crippen molar-refractivity contribution in [3.63, 3.8) is 0 Å². The number of carbonyl (C=O) groups excluding carboxylic acids is 1. The van der Waals surface area contributed by atoms with Gasteiger partial charge in [-0.2, -0.15) is 13.2 Å². The first kappa shape index (κ1) is 13.6. The summed E-state index contributed by atoms with van der Waals surface area (Å²) in [6.45, 7) is 0. The molecule has 1 fully saturated rings. The third-order valence-corrected chi connectivity index (χ3v) is 2.97. The predicted molar refractivity (Wildman–Crippen MR) is 62.4 cm³/mol. The van der Waals surface area contributed by atoms with E-state index < -0.39 is 17.8 Å². The van der Waals surface area contributed by atoms with Gasteiger partial charge in [-0.15, -0.1) is 0 Å². The largest absolute Gasteiger partial charge is 0.433 e. The molecular formula is C11H13F3N4O. The van der Waals surface area contributed by atoms with Gasteiger partial charge in [-0.05, 0) is 25.0 Å². The van der Waals surface area contributed by atoms with Gasteiger partial charge in [0, 0.05) is 12.1 Å². The molecule has 1 aromatic rings. The lowest BCUT2D eigenvalue weighted by Crippen LogP contribution is -2.45. The van der Waals surface area contributed by atoms with E-state index in [-0.39, 0.29) is 23.5 Å². The third kappa shape index (κ3) is 2.95. The number of alkyl halides is 3. The summed E-state index contributed by atoms with van der Waals surface area (Å²) in [5, 5.41) is 2.78. The van der Waals surface area contributed by atoms with Gasteiger partial charge >= 0.3 is 6.18 Å². The molecule has 5 nitrogen and oxygen atoms in total. The van der Waals surface area contributed by atoms with Crippen LogP contribution in [0.2, 0.25) is 0 Å². The monoisotopic (exact) mass is 274 g/mol. The van der Waals surface area contributed by atoms with Gasteiger partial charge in [-0.3, -0.25) is 4.79 Å². The zero-order valence-electron chi connectivity index (χ0n) is 9.87. The van der Waals surface area contributed by atoms with Gasteiger partial charge < -0.3 is 16.8 Å². The second-order valence-electron chi connectivity index (χ2n) is 4.53. The fourth-order valence-corrected chi connectivity index (χ4v) is 1.90. The van der Waals surface area contributed by atoms with Crippen LogP contribution in [0, 0.1) is 0 Å². The molecule has 8 heteroatoms. The Bertz CT molecular complexity index is 497. The molecule has 0 spiro atoms. The van der Waals surface area contributed by atoms with Crippen LogP contribution < -0.4 is 16.8 Å². The average Bonchev–Trinajstić information content (AvgIpc) is 2.25. The van der Waals surface area contributed by atoms with Crippen molar-refractivity contribution in [1.82, 2.24) is 4.98 Å². The average molecular weight is 274 g/mol. The summed E-state index contributed by atoms with van der Waals surface area (Å²) in [5.74, 6) is -0.966. The van der Waals surface area contributed by atoms with Crippen LogP contribution in [-0.2, 0) is 6.18 Å². The fourth-order valence-electron chi connectivity index (χ4n) is 1.90. The molecule has 19 heavy (non-hydrogen) atoms. The van der Waals surface area contributed by atoms with Gasteiger partial charge in [-0.25, -0.2) is 4.98 Å². The van der Waals surface area contributed by atoms with Gasteiger partial charge in [-0.1, -0.05) is 0 Å². The van der Waals surface area contributed by atoms with Crippen LogP contribution in [0.3, 0.4) is 0 Å². The van der Waals surface area contributed by atoms with Crippen LogP contribution in [0.5, 0.6) is 0 Å². The van der Waals surface area contributed by atoms with Crippen LogP contribution in [0.25, 0.3) is 0 Å². The predicted octanol–water partition coefficient (Wildman–Crippen LogP) is 1.10. The van der Waals surface area contributed by atoms with E-state index in [9.17, 15) is 18.0 Å². The number of rotatable bonds is 3. The molecule has 5 N–H and O–H groups in total. The minimum Gasteiger partial charge on any atom is -0.367 e. The number of halogens is 3. The van der Waals surface area contributed by atoms with Crippen molar-refractivity contribution in [3.8, 4) is 0 Å². The summed E-state index contributed by atoms with van der Waals surface area (Å²) in [7, 11) is 0. The number of aromatic nitrogens is 1. The number of carbonyl (C=O) groups is 1. The molecule has 0 radical (unpaired) electrons. The first-order valence-electron chi connectivity index (χ1n) is 5.67. The highest BCUT2D eigenvalue weighted by Crippen LogP contribution is 2.30. The van der Waals surface area contributed by atoms with Crippen molar-refractivity contribution in [3.05, 3.63) is 23.4 Å². The SMILES string of the molecule is NC(=O)c1ccc(C(F)(F)F)nc1NC1CC(N)C1. The highest BCUT2D eigenvalue weighted by atomic mass is 19.4. The zero-order chi connectivity index (χ0) is 14.2. The Morgan fingerprint density at radius 1 is 1.37 bits per heavy atom. The van der Waals surface area contributed by atoms with Crippen LogP contribution >= 0.6 is 0 Å². The van der Waals surface area contributed by atoms with E-state index in [0.717, 1.165) is 12.1 Å². The molecule has 0 bridgehead atoms. The Morgan fingerprint density at radius 3 is 2.47 bits per heavy atom. The standard InChI is InChI=1S/C11H13F3N4O/c12-11(13,14)8-2-1-7(9(16)19)10(18-8)17-6-3-5(15)4-6/h1-2,5-6H,3-4,15H2,(H2,16,19)(H,17,18). The van der Waals surface area contributed by atoms with E-state index in [1.807, 2.05) is 0 Å². The van der Waals surface area contributed by atoms with Crippen molar-refractivity contribution in [2.75, 3.05) is 5.32 Å². The van der Waals surface area contributed by atoms with Crippen molar-refractivity contribution < 1.29 is 18.0 Å². The van der Waals surface area contributed by atoms with Crippen LogP contribution in [-0.4, -0.2) is 23.0 Å². The van der Waals surface area contributed by atoms with Gasteiger partial charge in [0.1, 0.15) is 11.5 Å². The quantitative estimate of drug-likeness (QED) is 0.769. The maximum absolute atomic E-state index is 12.6. The molecule has 1 aromatic heterocycles. The molecule has 2 rings (SSSR count). The number of nitrogens with zero attached hydrogens (tertiary/aromatic N) is 1. The first-order valence-corrected chi connectivity index (χ1v) is 5.67. The van der Waals surface area contributed by atoms with Gasteiger partial charge in [0.05, 0.1) is 5.56 Å². The van der Waals surface area contributed by atoms with E-state index in [0.29, 0.717) is 12.8 Å². The van der Waals surface area contributed by atoms with Crippen molar-refractivity contribution in [2.24, 2.45) is 11.5 Å². The molecule has 0 saturated heterocycles. The van der Waals surface area contributed by atoms with E-state index >= 15 is 0 Å². The van der Waals surface area contributed by atoms with Gasteiger partial charge in [0.2, 0.25) is 0 Å². The molecule has 0 unspecified atom stereocenters. The topological polar surface area (TPSA) is 94.0 Å². The lowest BCUT2D eigenvalue weighted by atomic mass is 9.87. The number of primary amides is 1. The second kappa shape index (κ2) is 4.69. The summed E-state index contributed by atoms with van der Waals surface area (Å²) in [6, 6.07) is 1.71. The molecule has 1 amide bonds. The zero-order valence-corrected chi connectivity index (χ0v) is 9.87. The lowest BCUT2D eigenvalue weighted by molar-refractivity contribution is -0.141. The first-order chi connectivity index (χ1) is 8.77. The molecule has 104 valence electrons. The van der Waals surface area contributed by atoms with E-state index in [1.165, 1.54) is 0 Å². The number of hydrogen-bond acceptors (Lipinski definition) is 4. The van der Waals surface area contributed by atoms with Crippen molar-refractivity contribution in [2.45, 2.75) is 31.1 Å². The summed E-state index contributed by atoms with van der Waals surface area (Å²) in [6.07, 6.45) is -3.32. The van der Waals surface area contributed by atoms with E-state index in [2.05, 4.69) is 10.3 Å². The number of amides is 1. The van der Waals surface area contributed by atoms with Crippen LogP contribution in [0.4, 0.5) is 19.0 Å². The number of pyridine rings is 1. The third-order valence-electron chi connectivity index (χ3n) is 2.97. The number of nitrogens with two attached hydrogens (primary N) is 2. The maximum atomic E-state index is 12.6. The second-order valence-corrected chi connectivity index (χ2v) is 4.53. The Kier molecular flexibility index (Phi) is 3.36. The Morgan fingerprint density at radius 2 is 2.00 bits per heavy atom. The van der Waals surface area contributed by atoms with Gasteiger partial charge in [0.25, 0.3) is 5.91 Å². The molecule has 1 aliphatic rings. The Labute approximate surface area is 107 Å². The number of hydrogen-bond donors (Lipinski definition) is 3. The summed E-state index contributed by atoms with van der Waals surface area (Å²) < 4.78 is 37.7. The minimum absolute atomic E-state index is 0.0281. The molecule has 1 saturated carbocycles. The Hall–Kier alpha value is -1.83. The van der Waals surface area contributed by atoms with Crippen molar-refractivity contribution >= 4 is 11.7 Å². The summed E-state index contributed by atoms with van der Waals surface area (Å²) in [5.41, 5.74) is 9.57.